The number of ether oxygens (including phenoxy) is 1. The number of amides is 1. The van der Waals surface area contributed by atoms with Gasteiger partial charge in [-0.05, 0) is 49.2 Å². The van der Waals surface area contributed by atoms with Gasteiger partial charge >= 0.3 is 0 Å². The second-order valence-electron chi connectivity index (χ2n) is 6.26. The van der Waals surface area contributed by atoms with Gasteiger partial charge in [0.05, 0.1) is 17.7 Å². The molecule has 0 unspecified atom stereocenters. The zero-order valence-corrected chi connectivity index (χ0v) is 15.1. The molecule has 1 heterocycles. The topological polar surface area (TPSA) is 46.6 Å². The van der Waals surface area contributed by atoms with Crippen molar-refractivity contribution in [2.45, 2.75) is 12.8 Å². The Morgan fingerprint density at radius 1 is 1.12 bits per heavy atom. The highest BCUT2D eigenvalue weighted by molar-refractivity contribution is 6.33. The third-order valence-corrected chi connectivity index (χ3v) is 5.02. The maximum absolute atomic E-state index is 13.9. The number of carbonyl (C=O) groups is 2. The minimum absolute atomic E-state index is 0.0590. The van der Waals surface area contributed by atoms with Crippen molar-refractivity contribution in [3.63, 3.8) is 0 Å². The molecule has 1 fully saturated rings. The number of methoxy groups -OCH3 is 1. The summed E-state index contributed by atoms with van der Waals surface area (Å²) in [5.41, 5.74) is 0.529. The van der Waals surface area contributed by atoms with Gasteiger partial charge in [-0.15, -0.1) is 0 Å². The van der Waals surface area contributed by atoms with Gasteiger partial charge in [0.2, 0.25) is 0 Å². The van der Waals surface area contributed by atoms with Gasteiger partial charge in [0.15, 0.2) is 5.78 Å². The van der Waals surface area contributed by atoms with Gasteiger partial charge < -0.3 is 9.64 Å². The van der Waals surface area contributed by atoms with E-state index in [0.717, 1.165) is 0 Å². The third kappa shape index (κ3) is 3.73. The molecule has 0 aliphatic carbocycles. The summed E-state index contributed by atoms with van der Waals surface area (Å²) < 4.78 is 19.0. The van der Waals surface area contributed by atoms with Gasteiger partial charge in [-0.1, -0.05) is 17.7 Å². The third-order valence-electron chi connectivity index (χ3n) is 4.70. The molecule has 1 aliphatic rings. The van der Waals surface area contributed by atoms with Crippen LogP contribution in [0.15, 0.2) is 42.5 Å². The first-order valence-corrected chi connectivity index (χ1v) is 8.80. The lowest BCUT2D eigenvalue weighted by Crippen LogP contribution is -2.40. The summed E-state index contributed by atoms with van der Waals surface area (Å²) in [4.78, 5) is 26.7. The molecular formula is C20H19ClFNO3. The van der Waals surface area contributed by atoms with Crippen LogP contribution in [0, 0.1) is 11.7 Å². The number of benzene rings is 2. The molecule has 1 amide bonds. The summed E-state index contributed by atoms with van der Waals surface area (Å²) in [6, 6.07) is 11.2. The SMILES string of the molecule is COc1ccc(C(=O)C2CCN(C(=O)c3c(F)cccc3Cl)CC2)cc1. The van der Waals surface area contributed by atoms with E-state index in [1.54, 1.807) is 36.3 Å². The summed E-state index contributed by atoms with van der Waals surface area (Å²) in [5.74, 6) is -0.446. The molecule has 1 saturated heterocycles. The van der Waals surface area contributed by atoms with Crippen LogP contribution in [0.25, 0.3) is 0 Å². The Hall–Kier alpha value is -2.40. The zero-order chi connectivity index (χ0) is 18.7. The summed E-state index contributed by atoms with van der Waals surface area (Å²) in [7, 11) is 1.57. The Balaban J connectivity index is 1.65. The number of likely N-dealkylation sites (tertiary alicyclic amines) is 1. The molecule has 0 spiro atoms. The number of nitrogens with zero attached hydrogens (tertiary/aromatic N) is 1. The van der Waals surface area contributed by atoms with Gasteiger partial charge in [0.25, 0.3) is 5.91 Å². The fourth-order valence-corrected chi connectivity index (χ4v) is 3.44. The van der Waals surface area contributed by atoms with Crippen LogP contribution in [0.5, 0.6) is 5.75 Å². The Morgan fingerprint density at radius 3 is 2.35 bits per heavy atom. The number of rotatable bonds is 4. The number of piperidine rings is 1. The second-order valence-corrected chi connectivity index (χ2v) is 6.66. The number of hydrogen-bond acceptors (Lipinski definition) is 3. The summed E-state index contributed by atoms with van der Waals surface area (Å²) >= 11 is 5.98. The molecule has 0 bridgehead atoms. The minimum Gasteiger partial charge on any atom is -0.497 e. The number of Topliss-reactive ketones (excluding diaryl/α,β-unsaturated/α-hetero) is 1. The molecule has 2 aromatic carbocycles. The predicted octanol–water partition coefficient (Wildman–Crippen LogP) is 4.22. The van der Waals surface area contributed by atoms with E-state index in [1.165, 1.54) is 18.2 Å². The first kappa shape index (κ1) is 18.4. The average Bonchev–Trinajstić information content (AvgIpc) is 2.67. The molecule has 4 nitrogen and oxygen atoms in total. The molecular weight excluding hydrogens is 357 g/mol. The lowest BCUT2D eigenvalue weighted by Gasteiger charge is -2.31. The monoisotopic (exact) mass is 375 g/mol. The van der Waals surface area contributed by atoms with Gasteiger partial charge in [0.1, 0.15) is 11.6 Å². The van der Waals surface area contributed by atoms with Gasteiger partial charge in [-0.3, -0.25) is 9.59 Å². The predicted molar refractivity (Wildman–Crippen MR) is 97.4 cm³/mol. The molecule has 0 aromatic heterocycles. The van der Waals surface area contributed by atoms with Crippen molar-refractivity contribution in [1.29, 1.82) is 0 Å². The van der Waals surface area contributed by atoms with Crippen molar-refractivity contribution in [3.8, 4) is 5.75 Å². The van der Waals surface area contributed by atoms with E-state index in [2.05, 4.69) is 0 Å². The first-order valence-electron chi connectivity index (χ1n) is 8.43. The van der Waals surface area contributed by atoms with E-state index in [4.69, 9.17) is 16.3 Å². The summed E-state index contributed by atoms with van der Waals surface area (Å²) in [6.45, 7) is 0.798. The van der Waals surface area contributed by atoms with Crippen LogP contribution in [0.1, 0.15) is 33.6 Å². The molecule has 2 aromatic rings. The molecule has 1 aliphatic heterocycles. The molecule has 0 saturated carbocycles. The lowest BCUT2D eigenvalue weighted by molar-refractivity contribution is 0.0646. The van der Waals surface area contributed by atoms with E-state index in [1.807, 2.05) is 0 Å². The number of halogens is 2. The highest BCUT2D eigenvalue weighted by Crippen LogP contribution is 2.26. The van der Waals surface area contributed by atoms with Gasteiger partial charge in [-0.2, -0.15) is 0 Å². The fraction of sp³-hybridized carbons (Fsp3) is 0.300. The quantitative estimate of drug-likeness (QED) is 0.751. The van der Waals surface area contributed by atoms with E-state index in [-0.39, 0.29) is 22.3 Å². The van der Waals surface area contributed by atoms with Crippen LogP contribution in [-0.4, -0.2) is 36.8 Å². The van der Waals surface area contributed by atoms with Crippen molar-refractivity contribution in [2.24, 2.45) is 5.92 Å². The molecule has 136 valence electrons. The Bertz CT molecular complexity index is 794. The van der Waals surface area contributed by atoms with Crippen molar-refractivity contribution >= 4 is 23.3 Å². The van der Waals surface area contributed by atoms with Crippen molar-refractivity contribution in [3.05, 3.63) is 64.4 Å². The minimum atomic E-state index is -0.626. The Kier molecular flexibility index (Phi) is 5.57. The van der Waals surface area contributed by atoms with Crippen LogP contribution in [-0.2, 0) is 0 Å². The normalized spacial score (nSPS) is 15.0. The molecule has 26 heavy (non-hydrogen) atoms. The standard InChI is InChI=1S/C20H19ClFNO3/c1-26-15-7-5-13(6-8-15)19(24)14-9-11-23(12-10-14)20(25)18-16(21)3-2-4-17(18)22/h2-8,14H,9-12H2,1H3. The first-order chi connectivity index (χ1) is 12.5. The maximum Gasteiger partial charge on any atom is 0.258 e. The smallest absolute Gasteiger partial charge is 0.258 e. The maximum atomic E-state index is 13.9. The van der Waals surface area contributed by atoms with E-state index >= 15 is 0 Å². The highest BCUT2D eigenvalue weighted by atomic mass is 35.5. The second kappa shape index (κ2) is 7.87. The van der Waals surface area contributed by atoms with Crippen LogP contribution in [0.4, 0.5) is 4.39 Å². The molecule has 0 atom stereocenters. The lowest BCUT2D eigenvalue weighted by atomic mass is 9.88. The van der Waals surface area contributed by atoms with Gasteiger partial charge in [-0.25, -0.2) is 4.39 Å². The average molecular weight is 376 g/mol. The highest BCUT2D eigenvalue weighted by Gasteiger charge is 2.30. The molecule has 3 rings (SSSR count). The largest absolute Gasteiger partial charge is 0.497 e. The van der Waals surface area contributed by atoms with Crippen molar-refractivity contribution in [2.75, 3.05) is 20.2 Å². The van der Waals surface area contributed by atoms with E-state index in [0.29, 0.717) is 37.2 Å². The Labute approximate surface area is 156 Å². The Morgan fingerprint density at radius 2 is 1.77 bits per heavy atom. The zero-order valence-electron chi connectivity index (χ0n) is 14.4. The van der Waals surface area contributed by atoms with Crippen molar-refractivity contribution in [1.82, 2.24) is 4.90 Å². The van der Waals surface area contributed by atoms with Crippen LogP contribution >= 0.6 is 11.6 Å². The fourth-order valence-electron chi connectivity index (χ4n) is 3.20. The molecule has 0 N–H and O–H groups in total. The van der Waals surface area contributed by atoms with E-state index in [9.17, 15) is 14.0 Å². The van der Waals surface area contributed by atoms with Crippen molar-refractivity contribution < 1.29 is 18.7 Å². The summed E-state index contributed by atoms with van der Waals surface area (Å²) in [6.07, 6.45) is 1.09. The van der Waals surface area contributed by atoms with Gasteiger partial charge in [0, 0.05) is 24.6 Å². The van der Waals surface area contributed by atoms with Crippen LogP contribution < -0.4 is 4.74 Å². The van der Waals surface area contributed by atoms with Crippen LogP contribution in [0.3, 0.4) is 0 Å². The summed E-state index contributed by atoms with van der Waals surface area (Å²) in [5, 5.41) is 0.103. The molecule has 0 radical (unpaired) electrons. The van der Waals surface area contributed by atoms with E-state index < -0.39 is 11.7 Å². The molecule has 6 heteroatoms. The number of ketones is 1. The van der Waals surface area contributed by atoms with Crippen LogP contribution in [0.2, 0.25) is 5.02 Å². The number of hydrogen-bond donors (Lipinski definition) is 0. The number of carbonyl (C=O) groups excluding carboxylic acids is 2.